The summed E-state index contributed by atoms with van der Waals surface area (Å²) in [5.41, 5.74) is 0.628. The lowest BCUT2D eigenvalue weighted by Gasteiger charge is -2.18. The zero-order chi connectivity index (χ0) is 22.8. The molecule has 2 aromatic carbocycles. The van der Waals surface area contributed by atoms with Crippen molar-refractivity contribution in [1.29, 1.82) is 0 Å². The van der Waals surface area contributed by atoms with Gasteiger partial charge in [0.1, 0.15) is 12.4 Å². The van der Waals surface area contributed by atoms with Gasteiger partial charge in [-0.3, -0.25) is 4.79 Å². The molecule has 0 bridgehead atoms. The zero-order valence-corrected chi connectivity index (χ0v) is 18.1. The molecule has 164 valence electrons. The minimum atomic E-state index is -3.37. The van der Waals surface area contributed by atoms with Gasteiger partial charge in [-0.1, -0.05) is 26.0 Å². The van der Waals surface area contributed by atoms with Gasteiger partial charge in [0.05, 0.1) is 22.9 Å². The summed E-state index contributed by atoms with van der Waals surface area (Å²) >= 11 is 0. The summed E-state index contributed by atoms with van der Waals surface area (Å²) in [6, 6.07) is 11.2. The van der Waals surface area contributed by atoms with Gasteiger partial charge in [0.2, 0.25) is 0 Å². The van der Waals surface area contributed by atoms with E-state index in [4.69, 9.17) is 4.74 Å². The minimum absolute atomic E-state index is 0.0499. The maximum atomic E-state index is 13.3. The predicted octanol–water partition coefficient (Wildman–Crippen LogP) is 2.84. The molecule has 7 nitrogen and oxygen atoms in total. The monoisotopic (exact) mass is 446 g/mol. The van der Waals surface area contributed by atoms with Gasteiger partial charge in [-0.25, -0.2) is 12.8 Å². The molecule has 0 amide bonds. The first-order valence-corrected chi connectivity index (χ1v) is 11.5. The second-order valence-electron chi connectivity index (χ2n) is 7.50. The highest BCUT2D eigenvalue weighted by molar-refractivity contribution is 7.90. The highest BCUT2D eigenvalue weighted by atomic mass is 32.2. The highest BCUT2D eigenvalue weighted by Crippen LogP contribution is 2.28. The summed E-state index contributed by atoms with van der Waals surface area (Å²) in [6.45, 7) is 3.53. The Morgan fingerprint density at radius 3 is 2.26 bits per heavy atom. The van der Waals surface area contributed by atoms with Crippen LogP contribution in [0.4, 0.5) is 4.39 Å². The molecular weight excluding hydrogens is 423 g/mol. The van der Waals surface area contributed by atoms with E-state index in [1.807, 2.05) is 13.8 Å². The molecule has 9 heteroatoms. The van der Waals surface area contributed by atoms with E-state index in [-0.39, 0.29) is 23.2 Å². The molecule has 0 saturated carbocycles. The second-order valence-corrected chi connectivity index (χ2v) is 9.52. The molecule has 0 fully saturated rings. The third kappa shape index (κ3) is 5.18. The smallest absolute Gasteiger partial charge is 0.314 e. The molecule has 0 radical (unpaired) electrons. The molecule has 0 aliphatic heterocycles. The van der Waals surface area contributed by atoms with Gasteiger partial charge in [0.25, 0.3) is 0 Å². The molecule has 1 heterocycles. The maximum Gasteiger partial charge on any atom is 0.314 e. The molecular formula is C22H23FN2O5S. The van der Waals surface area contributed by atoms with Crippen LogP contribution in [0.5, 0.6) is 5.75 Å². The van der Waals surface area contributed by atoms with Crippen molar-refractivity contribution in [2.24, 2.45) is 5.92 Å². The number of nitrogens with zero attached hydrogens (tertiary/aromatic N) is 2. The number of rotatable bonds is 7. The Balaban J connectivity index is 2.10. The molecule has 1 N–H and O–H groups in total. The Labute approximate surface area is 179 Å². The van der Waals surface area contributed by atoms with Gasteiger partial charge in [-0.05, 0) is 47.9 Å². The Kier molecular flexibility index (Phi) is 6.56. The topological polar surface area (TPSA) is 98.5 Å². The van der Waals surface area contributed by atoms with Crippen molar-refractivity contribution in [3.63, 3.8) is 0 Å². The second kappa shape index (κ2) is 8.99. The maximum absolute atomic E-state index is 13.3. The molecule has 0 spiro atoms. The molecule has 3 aromatic rings. The predicted molar refractivity (Wildman–Crippen MR) is 115 cm³/mol. The SMILES string of the molecule is CC(C)[C@H](O)COc1c(-c2ccc(S(C)(=O)=O)cc2)cnn(-c2ccc(F)cc2)c1=O. The number of halogens is 1. The van der Waals surface area contributed by atoms with E-state index in [0.29, 0.717) is 16.8 Å². The standard InChI is InChI=1S/C22H23FN2O5S/c1-14(2)20(26)13-30-21-19(15-4-10-18(11-5-15)31(3,28)29)12-24-25(22(21)27)17-8-6-16(23)7-9-17/h4-12,14,20,26H,13H2,1-3H3/t20-/m1/s1. The van der Waals surface area contributed by atoms with Crippen molar-refractivity contribution in [1.82, 2.24) is 9.78 Å². The van der Waals surface area contributed by atoms with Crippen LogP contribution in [0.25, 0.3) is 16.8 Å². The number of ether oxygens (including phenoxy) is 1. The average molecular weight is 447 g/mol. The van der Waals surface area contributed by atoms with E-state index in [9.17, 15) is 22.7 Å². The molecule has 1 atom stereocenters. The summed E-state index contributed by atoms with van der Waals surface area (Å²) in [4.78, 5) is 13.3. The molecule has 0 aliphatic carbocycles. The lowest BCUT2D eigenvalue weighted by Crippen LogP contribution is -2.28. The zero-order valence-electron chi connectivity index (χ0n) is 17.3. The number of sulfone groups is 1. The van der Waals surface area contributed by atoms with E-state index in [1.165, 1.54) is 42.6 Å². The quantitative estimate of drug-likeness (QED) is 0.599. The van der Waals surface area contributed by atoms with Crippen molar-refractivity contribution in [3.8, 4) is 22.6 Å². The van der Waals surface area contributed by atoms with E-state index >= 15 is 0 Å². The summed E-state index contributed by atoms with van der Waals surface area (Å²) in [6.07, 6.45) is 1.72. The number of aliphatic hydroxyl groups is 1. The normalized spacial score (nSPS) is 12.7. The fourth-order valence-corrected chi connectivity index (χ4v) is 3.42. The largest absolute Gasteiger partial charge is 0.485 e. The Morgan fingerprint density at radius 1 is 1.10 bits per heavy atom. The van der Waals surface area contributed by atoms with Gasteiger partial charge < -0.3 is 9.84 Å². The third-order valence-corrected chi connectivity index (χ3v) is 5.89. The molecule has 1 aromatic heterocycles. The van der Waals surface area contributed by atoms with Crippen molar-refractivity contribution < 1.29 is 22.7 Å². The van der Waals surface area contributed by atoms with Gasteiger partial charge in [-0.2, -0.15) is 9.78 Å². The fraction of sp³-hybridized carbons (Fsp3) is 0.273. The van der Waals surface area contributed by atoms with Gasteiger partial charge in [0, 0.05) is 11.8 Å². The van der Waals surface area contributed by atoms with Crippen LogP contribution in [-0.4, -0.2) is 42.3 Å². The van der Waals surface area contributed by atoms with Crippen LogP contribution in [-0.2, 0) is 9.84 Å². The summed E-state index contributed by atoms with van der Waals surface area (Å²) in [5, 5.41) is 14.3. The van der Waals surface area contributed by atoms with Gasteiger partial charge in [-0.15, -0.1) is 0 Å². The van der Waals surface area contributed by atoms with E-state index < -0.39 is 27.3 Å². The average Bonchev–Trinajstić information content (AvgIpc) is 2.72. The van der Waals surface area contributed by atoms with Crippen LogP contribution in [0.15, 0.2) is 64.4 Å². The van der Waals surface area contributed by atoms with Gasteiger partial charge in [0.15, 0.2) is 15.6 Å². The van der Waals surface area contributed by atoms with Crippen LogP contribution in [0.1, 0.15) is 13.8 Å². The lowest BCUT2D eigenvalue weighted by molar-refractivity contribution is 0.0695. The molecule has 0 unspecified atom stereocenters. The number of benzene rings is 2. The molecule has 3 rings (SSSR count). The summed E-state index contributed by atoms with van der Waals surface area (Å²) < 4.78 is 43.5. The van der Waals surface area contributed by atoms with Crippen molar-refractivity contribution in [2.75, 3.05) is 12.9 Å². The van der Waals surface area contributed by atoms with Crippen molar-refractivity contribution in [2.45, 2.75) is 24.8 Å². The Bertz CT molecular complexity index is 1220. The molecule has 31 heavy (non-hydrogen) atoms. The van der Waals surface area contributed by atoms with E-state index in [2.05, 4.69) is 5.10 Å². The first-order chi connectivity index (χ1) is 14.6. The molecule has 0 saturated heterocycles. The van der Waals surface area contributed by atoms with Crippen LogP contribution < -0.4 is 10.3 Å². The summed E-state index contributed by atoms with van der Waals surface area (Å²) in [5.74, 6) is -0.583. The first-order valence-electron chi connectivity index (χ1n) is 9.57. The number of aliphatic hydroxyl groups excluding tert-OH is 1. The Morgan fingerprint density at radius 2 is 1.71 bits per heavy atom. The van der Waals surface area contributed by atoms with Crippen LogP contribution in [0, 0.1) is 11.7 Å². The third-order valence-electron chi connectivity index (χ3n) is 4.77. The van der Waals surface area contributed by atoms with Gasteiger partial charge >= 0.3 is 5.56 Å². The molecule has 0 aliphatic rings. The van der Waals surface area contributed by atoms with Crippen LogP contribution >= 0.6 is 0 Å². The number of aromatic nitrogens is 2. The Hall–Kier alpha value is -3.04. The van der Waals surface area contributed by atoms with Crippen molar-refractivity contribution in [3.05, 3.63) is 70.9 Å². The fourth-order valence-electron chi connectivity index (χ4n) is 2.79. The van der Waals surface area contributed by atoms with Crippen molar-refractivity contribution >= 4 is 9.84 Å². The minimum Gasteiger partial charge on any atom is -0.485 e. The first kappa shape index (κ1) is 22.6. The van der Waals surface area contributed by atoms with Crippen LogP contribution in [0.3, 0.4) is 0 Å². The lowest BCUT2D eigenvalue weighted by atomic mass is 10.1. The van der Waals surface area contributed by atoms with E-state index in [0.717, 1.165) is 10.9 Å². The highest BCUT2D eigenvalue weighted by Gasteiger charge is 2.19. The number of hydrogen-bond acceptors (Lipinski definition) is 6. The summed E-state index contributed by atoms with van der Waals surface area (Å²) in [7, 11) is -3.37. The van der Waals surface area contributed by atoms with E-state index in [1.54, 1.807) is 12.1 Å². The van der Waals surface area contributed by atoms with Crippen LogP contribution in [0.2, 0.25) is 0 Å². The number of hydrogen-bond donors (Lipinski definition) is 1.